The molecule has 4 heteroatoms. The molecule has 0 aliphatic rings. The lowest BCUT2D eigenvalue weighted by atomic mass is 11.4. The molecule has 0 aromatic carbocycles. The first-order valence-electron chi connectivity index (χ1n) is 1.49. The highest BCUT2D eigenvalue weighted by molar-refractivity contribution is 6.18. The Labute approximate surface area is 46.8 Å². The normalized spacial score (nSPS) is 9.00. The van der Waals surface area contributed by atoms with Crippen molar-refractivity contribution in [3.8, 4) is 0 Å². The summed E-state index contributed by atoms with van der Waals surface area (Å²) in [4.78, 5) is 0. The maximum atomic E-state index is 5.15. The third-order valence-electron chi connectivity index (χ3n) is 0.259. The van der Waals surface area contributed by atoms with Gasteiger partial charge in [0.1, 0.15) is 0 Å². The molecule has 0 aromatic heterocycles. The van der Waals surface area contributed by atoms with Crippen molar-refractivity contribution >= 4 is 23.2 Å². The highest BCUT2D eigenvalue weighted by Gasteiger charge is 1.70. The summed E-state index contributed by atoms with van der Waals surface area (Å²) < 4.78 is 0. The standard InChI is InChI=1S/C2H6Cl2N2/c3-1-5-6-2-4/h5-6H,1-2H2. The Morgan fingerprint density at radius 2 is 1.33 bits per heavy atom. The number of rotatable bonds is 3. The van der Waals surface area contributed by atoms with Gasteiger partial charge in [0.2, 0.25) is 0 Å². The lowest BCUT2D eigenvalue weighted by Crippen LogP contribution is -2.28. The van der Waals surface area contributed by atoms with Gasteiger partial charge in [-0.3, -0.25) is 0 Å². The van der Waals surface area contributed by atoms with Crippen LogP contribution in [0.5, 0.6) is 0 Å². The number of hydrogen-bond acceptors (Lipinski definition) is 2. The quantitative estimate of drug-likeness (QED) is 0.250. The van der Waals surface area contributed by atoms with Gasteiger partial charge in [0.25, 0.3) is 0 Å². The summed E-state index contributed by atoms with van der Waals surface area (Å²) in [6.45, 7) is 0. The molecule has 0 saturated heterocycles. The molecule has 0 aliphatic carbocycles. The molecule has 2 N–H and O–H groups in total. The molecule has 2 nitrogen and oxygen atoms in total. The fourth-order valence-corrected chi connectivity index (χ4v) is 0.283. The van der Waals surface area contributed by atoms with Crippen molar-refractivity contribution in [3.05, 3.63) is 0 Å². The van der Waals surface area contributed by atoms with Gasteiger partial charge in [0.05, 0.1) is 12.0 Å². The van der Waals surface area contributed by atoms with E-state index in [2.05, 4.69) is 10.9 Å². The molecular formula is C2H6Cl2N2. The third-order valence-corrected chi connectivity index (χ3v) is 0.526. The third kappa shape index (κ3) is 4.50. The summed E-state index contributed by atoms with van der Waals surface area (Å²) in [6.07, 6.45) is 0. The predicted octanol–water partition coefficient (Wildman–Crippen LogP) is 0.473. The maximum absolute atomic E-state index is 5.15. The van der Waals surface area contributed by atoms with Crippen molar-refractivity contribution in [3.63, 3.8) is 0 Å². The average molecular weight is 129 g/mol. The maximum Gasteiger partial charge on any atom is 0.0844 e. The minimum absolute atomic E-state index is 0.382. The highest BCUT2D eigenvalue weighted by Crippen LogP contribution is 1.62. The van der Waals surface area contributed by atoms with E-state index >= 15 is 0 Å². The fraction of sp³-hybridized carbons (Fsp3) is 1.00. The van der Waals surface area contributed by atoms with E-state index in [1.807, 2.05) is 0 Å². The fourth-order valence-electron chi connectivity index (χ4n) is 0.0945. The van der Waals surface area contributed by atoms with Crippen LogP contribution in [0.3, 0.4) is 0 Å². The second-order valence-electron chi connectivity index (χ2n) is 0.621. The second-order valence-corrected chi connectivity index (χ2v) is 1.16. The zero-order valence-corrected chi connectivity index (χ0v) is 4.68. The van der Waals surface area contributed by atoms with E-state index in [4.69, 9.17) is 23.2 Å². The largest absolute Gasteiger partial charge is 0.242 e. The Hall–Kier alpha value is 0.500. The second kappa shape index (κ2) is 5.50. The topological polar surface area (TPSA) is 24.1 Å². The first kappa shape index (κ1) is 6.50. The van der Waals surface area contributed by atoms with Crippen LogP contribution < -0.4 is 10.9 Å². The molecule has 0 saturated carbocycles. The smallest absolute Gasteiger partial charge is 0.0844 e. The van der Waals surface area contributed by atoms with Crippen LogP contribution in [0.25, 0.3) is 0 Å². The molecule has 0 radical (unpaired) electrons. The Balaban J connectivity index is 2.34. The molecule has 0 unspecified atom stereocenters. The zero-order valence-electron chi connectivity index (χ0n) is 3.17. The van der Waals surface area contributed by atoms with Crippen LogP contribution >= 0.6 is 23.2 Å². The molecule has 0 heterocycles. The van der Waals surface area contributed by atoms with Gasteiger partial charge in [0.15, 0.2) is 0 Å². The average Bonchev–Trinajstić information content (AvgIpc) is 1.61. The van der Waals surface area contributed by atoms with E-state index in [-0.39, 0.29) is 0 Å². The van der Waals surface area contributed by atoms with Crippen molar-refractivity contribution < 1.29 is 0 Å². The Kier molecular flexibility index (Phi) is 5.96. The summed E-state index contributed by atoms with van der Waals surface area (Å²) >= 11 is 10.3. The number of nitrogens with one attached hydrogen (secondary N) is 2. The highest BCUT2D eigenvalue weighted by atomic mass is 35.5. The summed E-state index contributed by atoms with van der Waals surface area (Å²) in [5.74, 6) is 0. The molecule has 0 rings (SSSR count). The van der Waals surface area contributed by atoms with E-state index < -0.39 is 0 Å². The monoisotopic (exact) mass is 128 g/mol. The van der Waals surface area contributed by atoms with Gasteiger partial charge in [-0.25, -0.2) is 10.9 Å². The van der Waals surface area contributed by atoms with Gasteiger partial charge in [-0.2, -0.15) is 0 Å². The van der Waals surface area contributed by atoms with Crippen molar-refractivity contribution in [2.24, 2.45) is 0 Å². The Bertz CT molecular complexity index is 21.5. The van der Waals surface area contributed by atoms with E-state index in [1.54, 1.807) is 0 Å². The summed E-state index contributed by atoms with van der Waals surface area (Å²) in [7, 11) is 0. The van der Waals surface area contributed by atoms with E-state index in [9.17, 15) is 0 Å². The molecule has 0 aromatic rings. The minimum Gasteiger partial charge on any atom is -0.242 e. The van der Waals surface area contributed by atoms with E-state index in [0.717, 1.165) is 0 Å². The molecule has 38 valence electrons. The summed E-state index contributed by atoms with van der Waals surface area (Å²) in [5, 5.41) is 0. The summed E-state index contributed by atoms with van der Waals surface area (Å²) in [6, 6.07) is 0.763. The van der Waals surface area contributed by atoms with Crippen molar-refractivity contribution in [1.82, 2.24) is 10.9 Å². The van der Waals surface area contributed by atoms with Gasteiger partial charge in [-0.1, -0.05) is 0 Å². The van der Waals surface area contributed by atoms with Gasteiger partial charge < -0.3 is 0 Å². The molecule has 0 amide bonds. The SMILES string of the molecule is ClCNNCCl. The summed E-state index contributed by atoms with van der Waals surface area (Å²) in [5.41, 5.74) is 5.16. The molecule has 0 atom stereocenters. The molecule has 6 heavy (non-hydrogen) atoms. The molecule has 0 spiro atoms. The van der Waals surface area contributed by atoms with Crippen LogP contribution in [0.1, 0.15) is 0 Å². The predicted molar refractivity (Wildman–Crippen MR) is 27.7 cm³/mol. The Morgan fingerprint density at radius 1 is 1.00 bits per heavy atom. The lowest BCUT2D eigenvalue weighted by Gasteiger charge is -1.93. The molecule has 0 aliphatic heterocycles. The van der Waals surface area contributed by atoms with Crippen LogP contribution in [0, 0.1) is 0 Å². The zero-order chi connectivity index (χ0) is 4.83. The molecule has 0 fully saturated rings. The van der Waals surface area contributed by atoms with Gasteiger partial charge in [0, 0.05) is 0 Å². The number of halogens is 2. The van der Waals surface area contributed by atoms with Crippen LogP contribution in [0.15, 0.2) is 0 Å². The van der Waals surface area contributed by atoms with Crippen molar-refractivity contribution in [2.45, 2.75) is 0 Å². The van der Waals surface area contributed by atoms with Crippen molar-refractivity contribution in [2.75, 3.05) is 12.0 Å². The van der Waals surface area contributed by atoms with Gasteiger partial charge >= 0.3 is 0 Å². The van der Waals surface area contributed by atoms with Crippen molar-refractivity contribution in [1.29, 1.82) is 0 Å². The minimum atomic E-state index is 0.382. The van der Waals surface area contributed by atoms with Crippen LogP contribution in [-0.4, -0.2) is 12.0 Å². The molecular weight excluding hydrogens is 123 g/mol. The van der Waals surface area contributed by atoms with E-state index in [1.165, 1.54) is 0 Å². The van der Waals surface area contributed by atoms with Gasteiger partial charge in [-0.15, -0.1) is 23.2 Å². The number of hydrogen-bond donors (Lipinski definition) is 2. The first-order valence-corrected chi connectivity index (χ1v) is 2.56. The number of hydrazine groups is 1. The number of alkyl halides is 2. The first-order chi connectivity index (χ1) is 2.91. The van der Waals surface area contributed by atoms with Gasteiger partial charge in [-0.05, 0) is 0 Å². The van der Waals surface area contributed by atoms with E-state index in [0.29, 0.717) is 12.0 Å². The van der Waals surface area contributed by atoms with Crippen LogP contribution in [-0.2, 0) is 0 Å². The van der Waals surface area contributed by atoms with Crippen LogP contribution in [0.2, 0.25) is 0 Å². The molecule has 0 bridgehead atoms. The van der Waals surface area contributed by atoms with Crippen LogP contribution in [0.4, 0.5) is 0 Å². The lowest BCUT2D eigenvalue weighted by molar-refractivity contribution is 0.650. The Morgan fingerprint density at radius 3 is 1.50 bits per heavy atom.